The van der Waals surface area contributed by atoms with Gasteiger partial charge in [0, 0.05) is 22.7 Å². The molecule has 4 aromatic rings. The van der Waals surface area contributed by atoms with Crippen molar-refractivity contribution in [3.63, 3.8) is 0 Å². The van der Waals surface area contributed by atoms with Gasteiger partial charge < -0.3 is 15.7 Å². The molecule has 6 rings (SSSR count). The summed E-state index contributed by atoms with van der Waals surface area (Å²) >= 11 is 1.32. The smallest absolute Gasteiger partial charge is 0.287 e. The summed E-state index contributed by atoms with van der Waals surface area (Å²) < 4.78 is 14.7. The van der Waals surface area contributed by atoms with Gasteiger partial charge in [-0.25, -0.2) is 14.5 Å². The predicted molar refractivity (Wildman–Crippen MR) is 153 cm³/mol. The first-order chi connectivity index (χ1) is 19.4. The molecule has 0 radical (unpaired) electrons. The third-order valence-electron chi connectivity index (χ3n) is 7.57. The molecule has 1 saturated heterocycles. The minimum Gasteiger partial charge on any atom is -0.388 e. The average Bonchev–Trinajstić information content (AvgIpc) is 3.59. The molecular formula is C29H29FN6O3S. The molecule has 2 aliphatic rings. The van der Waals surface area contributed by atoms with E-state index in [0.29, 0.717) is 34.4 Å². The van der Waals surface area contributed by atoms with Crippen LogP contribution < -0.4 is 16.2 Å². The van der Waals surface area contributed by atoms with E-state index in [0.717, 1.165) is 48.2 Å². The van der Waals surface area contributed by atoms with Crippen molar-refractivity contribution in [2.24, 2.45) is 0 Å². The molecule has 9 nitrogen and oxygen atoms in total. The number of aryl methyl sites for hydroxylation is 1. The second kappa shape index (κ2) is 10.9. The Morgan fingerprint density at radius 1 is 1.15 bits per heavy atom. The molecule has 0 bridgehead atoms. The molecule has 1 unspecified atom stereocenters. The molecule has 2 atom stereocenters. The van der Waals surface area contributed by atoms with Gasteiger partial charge in [-0.15, -0.1) is 11.3 Å². The first-order valence-electron chi connectivity index (χ1n) is 13.3. The van der Waals surface area contributed by atoms with Gasteiger partial charge in [-0.2, -0.15) is 5.10 Å². The van der Waals surface area contributed by atoms with Gasteiger partial charge in [0.05, 0.1) is 22.4 Å². The third kappa shape index (κ3) is 5.27. The van der Waals surface area contributed by atoms with Crippen LogP contribution in [0, 0.1) is 5.82 Å². The molecule has 0 saturated carbocycles. The van der Waals surface area contributed by atoms with E-state index in [4.69, 9.17) is 0 Å². The lowest BCUT2D eigenvalue weighted by molar-refractivity contribution is 0.103. The number of rotatable bonds is 6. The van der Waals surface area contributed by atoms with Crippen molar-refractivity contribution >= 4 is 34.4 Å². The van der Waals surface area contributed by atoms with Crippen LogP contribution >= 0.6 is 11.3 Å². The van der Waals surface area contributed by atoms with Crippen LogP contribution in [0.4, 0.5) is 21.6 Å². The average molecular weight is 561 g/mol. The predicted octanol–water partition coefficient (Wildman–Crippen LogP) is 5.16. The molecule has 4 N–H and O–H groups in total. The molecule has 3 aromatic heterocycles. The van der Waals surface area contributed by atoms with Crippen molar-refractivity contribution in [1.29, 1.82) is 0 Å². The lowest BCUT2D eigenvalue weighted by Crippen LogP contribution is -2.17. The molecule has 1 aliphatic carbocycles. The van der Waals surface area contributed by atoms with Crippen molar-refractivity contribution in [3.05, 3.63) is 85.7 Å². The third-order valence-corrected chi connectivity index (χ3v) is 8.78. The van der Waals surface area contributed by atoms with E-state index in [1.54, 1.807) is 12.1 Å². The number of thiophene rings is 1. The van der Waals surface area contributed by atoms with E-state index < -0.39 is 23.4 Å². The number of aromatic amines is 1. The maximum Gasteiger partial charge on any atom is 0.287 e. The Bertz CT molecular complexity index is 1620. The van der Waals surface area contributed by atoms with Gasteiger partial charge >= 0.3 is 0 Å². The number of hydrogen-bond acceptors (Lipinski definition) is 8. The molecular weight excluding hydrogens is 531 g/mol. The van der Waals surface area contributed by atoms with E-state index in [-0.39, 0.29) is 11.4 Å². The van der Waals surface area contributed by atoms with Crippen molar-refractivity contribution < 1.29 is 14.3 Å². The van der Waals surface area contributed by atoms with Gasteiger partial charge in [-0.1, -0.05) is 6.07 Å². The summed E-state index contributed by atoms with van der Waals surface area (Å²) in [5.41, 5.74) is 2.61. The second-order valence-electron chi connectivity index (χ2n) is 10.3. The number of carbonyl (C=O) groups excluding carboxylic acids is 1. The normalized spacial score (nSPS) is 18.9. The van der Waals surface area contributed by atoms with Crippen molar-refractivity contribution in [3.8, 4) is 11.3 Å². The van der Waals surface area contributed by atoms with Gasteiger partial charge in [-0.05, 0) is 93.2 Å². The Labute approximate surface area is 234 Å². The zero-order chi connectivity index (χ0) is 27.8. The van der Waals surface area contributed by atoms with Gasteiger partial charge in [0.15, 0.2) is 0 Å². The van der Waals surface area contributed by atoms with E-state index in [2.05, 4.69) is 37.8 Å². The Morgan fingerprint density at radius 3 is 2.77 bits per heavy atom. The molecule has 40 heavy (non-hydrogen) atoms. The molecule has 11 heteroatoms. The summed E-state index contributed by atoms with van der Waals surface area (Å²) in [5.74, 6) is -0.529. The van der Waals surface area contributed by atoms with Crippen molar-refractivity contribution in [1.82, 2.24) is 20.1 Å². The monoisotopic (exact) mass is 560 g/mol. The molecule has 4 heterocycles. The van der Waals surface area contributed by atoms with Gasteiger partial charge in [0.25, 0.3) is 11.5 Å². The number of pyridine rings is 1. The van der Waals surface area contributed by atoms with Crippen molar-refractivity contribution in [2.45, 2.75) is 44.2 Å². The Hall–Kier alpha value is -3.93. The van der Waals surface area contributed by atoms with Gasteiger partial charge in [0.2, 0.25) is 0 Å². The number of hydrogen-bond donors (Lipinski definition) is 4. The Morgan fingerprint density at radius 2 is 2.02 bits per heavy atom. The molecule has 1 fully saturated rings. The fourth-order valence-corrected chi connectivity index (χ4v) is 6.55. The zero-order valence-electron chi connectivity index (χ0n) is 21.9. The van der Waals surface area contributed by atoms with Crippen LogP contribution in [0.3, 0.4) is 0 Å². The van der Waals surface area contributed by atoms with Gasteiger partial charge in [0.1, 0.15) is 17.3 Å². The standard InChI is InChI=1S/C29H29FN6O3S/c1-36-11-3-4-23(36)17-8-10-27(31-15-17)32-22-14-20(34-35-28(22)38)16-7-9-19(30)21(12-16)33-29(39)26-13-18-24(37)5-2-6-25(18)40-26/h7-10,12-15,23-24,37H,2-6,11H2,1H3,(H,33,39)(H,35,38)(H,31,32,34)/t23-,24?/m0/s1. The van der Waals surface area contributed by atoms with Crippen LogP contribution in [0.25, 0.3) is 11.3 Å². The topological polar surface area (TPSA) is 123 Å². The lowest BCUT2D eigenvalue weighted by Gasteiger charge is -2.19. The number of nitrogens with one attached hydrogen (secondary N) is 3. The van der Waals surface area contributed by atoms with Crippen LogP contribution in [0.2, 0.25) is 0 Å². The highest BCUT2D eigenvalue weighted by Gasteiger charge is 2.24. The maximum atomic E-state index is 14.7. The number of aromatic nitrogens is 3. The first kappa shape index (κ1) is 26.3. The number of aliphatic hydroxyl groups excluding tert-OH is 1. The summed E-state index contributed by atoms with van der Waals surface area (Å²) in [6.07, 6.45) is 5.86. The number of carbonyl (C=O) groups is 1. The summed E-state index contributed by atoms with van der Waals surface area (Å²) in [6.45, 7) is 1.06. The summed E-state index contributed by atoms with van der Waals surface area (Å²) in [7, 11) is 2.11. The fourth-order valence-electron chi connectivity index (χ4n) is 5.40. The van der Waals surface area contributed by atoms with Crippen LogP contribution in [0.15, 0.2) is 53.5 Å². The minimum atomic E-state index is -0.599. The molecule has 1 aromatic carbocycles. The largest absolute Gasteiger partial charge is 0.388 e. The number of H-pyrrole nitrogens is 1. The summed E-state index contributed by atoms with van der Waals surface area (Å²) in [6, 6.07) is 11.7. The minimum absolute atomic E-state index is 0.00827. The number of benzene rings is 1. The molecule has 206 valence electrons. The van der Waals surface area contributed by atoms with E-state index >= 15 is 0 Å². The number of amides is 1. The number of nitrogens with zero attached hydrogens (tertiary/aromatic N) is 3. The number of fused-ring (bicyclic) bond motifs is 1. The Kier molecular flexibility index (Phi) is 7.18. The number of halogens is 1. The summed E-state index contributed by atoms with van der Waals surface area (Å²) in [4.78, 5) is 33.6. The molecule has 1 aliphatic heterocycles. The molecule has 1 amide bonds. The van der Waals surface area contributed by atoms with E-state index in [9.17, 15) is 19.1 Å². The SMILES string of the molecule is CN1CCC[C@H]1c1ccc(Nc2cc(-c3ccc(F)c(NC(=O)c4cc5c(s4)CCCC5O)c3)n[nH]c2=O)nc1. The van der Waals surface area contributed by atoms with Crippen molar-refractivity contribution in [2.75, 3.05) is 24.2 Å². The number of likely N-dealkylation sites (tertiary alicyclic amines) is 1. The maximum absolute atomic E-state index is 14.7. The second-order valence-corrected chi connectivity index (χ2v) is 11.4. The lowest BCUT2D eigenvalue weighted by atomic mass is 9.96. The zero-order valence-corrected chi connectivity index (χ0v) is 22.7. The highest BCUT2D eigenvalue weighted by Crippen LogP contribution is 2.36. The highest BCUT2D eigenvalue weighted by atomic mass is 32.1. The number of anilines is 3. The van der Waals surface area contributed by atoms with Crippen LogP contribution in [-0.2, 0) is 6.42 Å². The fraction of sp³-hybridized carbons (Fsp3) is 0.310. The highest BCUT2D eigenvalue weighted by molar-refractivity contribution is 7.14. The van der Waals surface area contributed by atoms with E-state index in [1.807, 2.05) is 18.3 Å². The molecule has 0 spiro atoms. The quantitative estimate of drug-likeness (QED) is 0.257. The van der Waals surface area contributed by atoms with Gasteiger partial charge in [-0.3, -0.25) is 14.5 Å². The number of aliphatic hydroxyl groups is 1. The van der Waals surface area contributed by atoms with Crippen LogP contribution in [0.5, 0.6) is 0 Å². The Balaban J connectivity index is 1.21. The van der Waals surface area contributed by atoms with E-state index in [1.165, 1.54) is 29.5 Å². The van der Waals surface area contributed by atoms with Crippen LogP contribution in [0.1, 0.15) is 63.5 Å². The first-order valence-corrected chi connectivity index (χ1v) is 14.1. The van der Waals surface area contributed by atoms with Crippen LogP contribution in [-0.4, -0.2) is 44.7 Å². The summed E-state index contributed by atoms with van der Waals surface area (Å²) in [5, 5.41) is 22.5.